The molecule has 0 atom stereocenters. The van der Waals surface area contributed by atoms with Crippen molar-refractivity contribution in [1.29, 1.82) is 0 Å². The van der Waals surface area contributed by atoms with E-state index in [2.05, 4.69) is 57.6 Å². The molecule has 1 N–H and O–H groups in total. The molecule has 0 bridgehead atoms. The first-order chi connectivity index (χ1) is 17.3. The van der Waals surface area contributed by atoms with Crippen molar-refractivity contribution in [3.8, 4) is 16.9 Å². The van der Waals surface area contributed by atoms with Gasteiger partial charge >= 0.3 is 6.09 Å². The fourth-order valence-corrected chi connectivity index (χ4v) is 5.40. The molecule has 2 aliphatic rings. The van der Waals surface area contributed by atoms with Crippen LogP contribution in [0.25, 0.3) is 11.1 Å². The van der Waals surface area contributed by atoms with Crippen molar-refractivity contribution in [3.63, 3.8) is 0 Å². The topological polar surface area (TPSA) is 54.0 Å². The first-order valence-electron chi connectivity index (χ1n) is 13.5. The predicted molar refractivity (Wildman–Crippen MR) is 147 cm³/mol. The van der Waals surface area contributed by atoms with E-state index < -0.39 is 5.60 Å². The average Bonchev–Trinajstić information content (AvgIpc) is 2.87. The zero-order chi connectivity index (χ0) is 25.5. The number of hydrogen-bond donors (Lipinski definition) is 1. The average molecular weight is 494 g/mol. The third-order valence-electron chi connectivity index (χ3n) is 7.42. The van der Waals surface area contributed by atoms with Crippen LogP contribution in [0.3, 0.4) is 0 Å². The highest BCUT2D eigenvalue weighted by Crippen LogP contribution is 2.34. The van der Waals surface area contributed by atoms with Gasteiger partial charge in [0, 0.05) is 32.2 Å². The Kier molecular flexibility index (Phi) is 8.78. The van der Waals surface area contributed by atoms with Gasteiger partial charge in [-0.1, -0.05) is 36.4 Å². The number of alkyl carbamates (subject to hydrolysis) is 1. The number of benzene rings is 2. The van der Waals surface area contributed by atoms with E-state index in [4.69, 9.17) is 9.47 Å². The summed E-state index contributed by atoms with van der Waals surface area (Å²) in [5.74, 6) is 1.70. The monoisotopic (exact) mass is 493 g/mol. The minimum absolute atomic E-state index is 0.253. The maximum absolute atomic E-state index is 12.0. The van der Waals surface area contributed by atoms with E-state index in [-0.39, 0.29) is 12.1 Å². The number of piperazine rings is 1. The standard InChI is InChI=1S/C30H43N3O3/c1-30(2,3)36-29(34)31-26-13-10-23(11-14-26)16-17-32-18-20-33(21-19-32)27-15-12-25(22-28(27)35-4)24-8-6-5-7-9-24/h5-9,12,15,22-23,26H,10-11,13-14,16-21H2,1-4H3,(H,31,34). The number of methoxy groups -OCH3 is 1. The fourth-order valence-electron chi connectivity index (χ4n) is 5.40. The molecule has 0 spiro atoms. The van der Waals surface area contributed by atoms with E-state index in [1.165, 1.54) is 36.1 Å². The molecule has 1 heterocycles. The van der Waals surface area contributed by atoms with E-state index >= 15 is 0 Å². The summed E-state index contributed by atoms with van der Waals surface area (Å²) in [6, 6.07) is 17.3. The maximum atomic E-state index is 12.0. The van der Waals surface area contributed by atoms with E-state index in [0.717, 1.165) is 57.2 Å². The van der Waals surface area contributed by atoms with Gasteiger partial charge in [-0.25, -0.2) is 4.79 Å². The van der Waals surface area contributed by atoms with Crippen LogP contribution in [0.15, 0.2) is 48.5 Å². The van der Waals surface area contributed by atoms with Crippen molar-refractivity contribution in [1.82, 2.24) is 10.2 Å². The second-order valence-electron chi connectivity index (χ2n) is 11.2. The molecule has 196 valence electrons. The largest absolute Gasteiger partial charge is 0.495 e. The summed E-state index contributed by atoms with van der Waals surface area (Å²) in [5, 5.41) is 3.06. The van der Waals surface area contributed by atoms with Gasteiger partial charge in [-0.05, 0) is 88.6 Å². The Morgan fingerprint density at radius 3 is 2.28 bits per heavy atom. The number of nitrogens with one attached hydrogen (secondary N) is 1. The van der Waals surface area contributed by atoms with E-state index in [9.17, 15) is 4.79 Å². The van der Waals surface area contributed by atoms with Crippen molar-refractivity contribution >= 4 is 11.8 Å². The fraction of sp³-hybridized carbons (Fsp3) is 0.567. The Balaban J connectivity index is 1.19. The van der Waals surface area contributed by atoms with Crippen LogP contribution in [0.4, 0.5) is 10.5 Å². The quantitative estimate of drug-likeness (QED) is 0.516. The molecule has 2 aromatic carbocycles. The first-order valence-corrected chi connectivity index (χ1v) is 13.5. The third kappa shape index (κ3) is 7.39. The van der Waals surface area contributed by atoms with E-state index in [1.807, 2.05) is 26.8 Å². The normalized spacial score (nSPS) is 21.2. The number of amides is 1. The number of carbonyl (C=O) groups is 1. The Labute approximate surface area is 217 Å². The third-order valence-corrected chi connectivity index (χ3v) is 7.42. The van der Waals surface area contributed by atoms with Gasteiger partial charge in [0.1, 0.15) is 11.4 Å². The molecular weight excluding hydrogens is 450 g/mol. The molecule has 1 amide bonds. The van der Waals surface area contributed by atoms with Gasteiger partial charge in [-0.3, -0.25) is 4.90 Å². The number of rotatable bonds is 7. The number of anilines is 1. The molecule has 6 nitrogen and oxygen atoms in total. The van der Waals surface area contributed by atoms with Crippen LogP contribution in [-0.4, -0.2) is 62.5 Å². The summed E-state index contributed by atoms with van der Waals surface area (Å²) in [6.45, 7) is 11.1. The Bertz CT molecular complexity index is 973. The molecule has 2 aromatic rings. The van der Waals surface area contributed by atoms with Gasteiger partial charge in [-0.15, -0.1) is 0 Å². The van der Waals surface area contributed by atoms with Crippen LogP contribution in [0.2, 0.25) is 0 Å². The van der Waals surface area contributed by atoms with Gasteiger partial charge in [0.25, 0.3) is 0 Å². The number of hydrogen-bond acceptors (Lipinski definition) is 5. The summed E-state index contributed by atoms with van der Waals surface area (Å²) in [4.78, 5) is 17.1. The zero-order valence-electron chi connectivity index (χ0n) is 22.5. The molecule has 2 fully saturated rings. The van der Waals surface area contributed by atoms with Crippen LogP contribution in [0.5, 0.6) is 5.75 Å². The maximum Gasteiger partial charge on any atom is 0.407 e. The van der Waals surface area contributed by atoms with Crippen molar-refractivity contribution in [2.24, 2.45) is 5.92 Å². The molecule has 1 saturated carbocycles. The molecule has 0 unspecified atom stereocenters. The van der Waals surface area contributed by atoms with Crippen LogP contribution in [-0.2, 0) is 4.74 Å². The highest BCUT2D eigenvalue weighted by molar-refractivity contribution is 5.71. The van der Waals surface area contributed by atoms with E-state index in [0.29, 0.717) is 0 Å². The summed E-state index contributed by atoms with van der Waals surface area (Å²) in [7, 11) is 1.77. The highest BCUT2D eigenvalue weighted by Gasteiger charge is 2.26. The Hall–Kier alpha value is -2.73. The lowest BCUT2D eigenvalue weighted by molar-refractivity contribution is 0.0486. The first kappa shape index (κ1) is 26.3. The van der Waals surface area contributed by atoms with Crippen molar-refractivity contribution in [3.05, 3.63) is 48.5 Å². The van der Waals surface area contributed by atoms with Gasteiger partial charge < -0.3 is 19.7 Å². The molecule has 1 aliphatic heterocycles. The number of nitrogens with zero attached hydrogens (tertiary/aromatic N) is 2. The summed E-state index contributed by atoms with van der Waals surface area (Å²) in [6.07, 6.45) is 5.44. The second-order valence-corrected chi connectivity index (χ2v) is 11.2. The van der Waals surface area contributed by atoms with Crippen molar-refractivity contribution in [2.45, 2.75) is 64.5 Å². The van der Waals surface area contributed by atoms with Gasteiger partial charge in [-0.2, -0.15) is 0 Å². The molecule has 0 radical (unpaired) electrons. The smallest absolute Gasteiger partial charge is 0.407 e. The van der Waals surface area contributed by atoms with Crippen molar-refractivity contribution in [2.75, 3.05) is 44.7 Å². The molecule has 0 aromatic heterocycles. The van der Waals surface area contributed by atoms with Crippen LogP contribution < -0.4 is 15.0 Å². The highest BCUT2D eigenvalue weighted by atomic mass is 16.6. The zero-order valence-corrected chi connectivity index (χ0v) is 22.5. The molecule has 4 rings (SSSR count). The minimum atomic E-state index is -0.442. The lowest BCUT2D eigenvalue weighted by atomic mass is 9.84. The Morgan fingerprint density at radius 2 is 1.64 bits per heavy atom. The predicted octanol–water partition coefficient (Wildman–Crippen LogP) is 5.96. The van der Waals surface area contributed by atoms with E-state index in [1.54, 1.807) is 7.11 Å². The number of ether oxygens (including phenoxy) is 2. The molecule has 6 heteroatoms. The molecular formula is C30H43N3O3. The van der Waals surface area contributed by atoms with Gasteiger partial charge in [0.05, 0.1) is 12.8 Å². The van der Waals surface area contributed by atoms with Crippen LogP contribution in [0.1, 0.15) is 52.9 Å². The molecule has 1 saturated heterocycles. The SMILES string of the molecule is COc1cc(-c2ccccc2)ccc1N1CCN(CCC2CCC(NC(=O)OC(C)(C)C)CC2)CC1. The molecule has 1 aliphatic carbocycles. The lowest BCUT2D eigenvalue weighted by Crippen LogP contribution is -2.47. The summed E-state index contributed by atoms with van der Waals surface area (Å²) >= 11 is 0. The van der Waals surface area contributed by atoms with Crippen LogP contribution >= 0.6 is 0 Å². The summed E-state index contributed by atoms with van der Waals surface area (Å²) in [5.41, 5.74) is 3.14. The van der Waals surface area contributed by atoms with Gasteiger partial charge in [0.2, 0.25) is 0 Å². The lowest BCUT2D eigenvalue weighted by Gasteiger charge is -2.37. The minimum Gasteiger partial charge on any atom is -0.495 e. The summed E-state index contributed by atoms with van der Waals surface area (Å²) < 4.78 is 11.2. The second kappa shape index (κ2) is 12.0. The Morgan fingerprint density at radius 1 is 0.944 bits per heavy atom. The number of carbonyl (C=O) groups excluding carboxylic acids is 1. The van der Waals surface area contributed by atoms with Gasteiger partial charge in [0.15, 0.2) is 0 Å². The van der Waals surface area contributed by atoms with Crippen LogP contribution in [0, 0.1) is 5.92 Å². The molecule has 36 heavy (non-hydrogen) atoms. The van der Waals surface area contributed by atoms with Crippen molar-refractivity contribution < 1.29 is 14.3 Å².